The molecule has 0 aromatic heterocycles. The predicted octanol–water partition coefficient (Wildman–Crippen LogP) is 2.70. The van der Waals surface area contributed by atoms with Crippen molar-refractivity contribution in [1.82, 2.24) is 0 Å². The lowest BCUT2D eigenvalue weighted by Crippen LogP contribution is -2.64. The number of hydrogen-bond acceptors (Lipinski definition) is 7. The normalized spacial score (nSPS) is 53.6. The van der Waals surface area contributed by atoms with Crippen LogP contribution < -0.4 is 0 Å². The highest BCUT2D eigenvalue weighted by molar-refractivity contribution is 5.76. The van der Waals surface area contributed by atoms with Crippen LogP contribution in [-0.4, -0.2) is 77.8 Å². The molecule has 5 aliphatic rings. The number of rotatable bonds is 7. The highest BCUT2D eigenvalue weighted by atomic mass is 16.4. The maximum Gasteiger partial charge on any atom is 0.312 e. The smallest absolute Gasteiger partial charge is 0.312 e. The molecule has 5 aliphatic carbocycles. The van der Waals surface area contributed by atoms with Crippen LogP contribution in [0.25, 0.3) is 0 Å². The van der Waals surface area contributed by atoms with Crippen molar-refractivity contribution in [3.8, 4) is 0 Å². The number of aliphatic carboxylic acids is 1. The minimum atomic E-state index is -1.30. The summed E-state index contributed by atoms with van der Waals surface area (Å²) in [5.74, 6) is -1.72. The highest BCUT2D eigenvalue weighted by Crippen LogP contribution is 2.89. The zero-order valence-electron chi connectivity index (χ0n) is 24.7. The molecule has 7 N–H and O–H groups in total. The van der Waals surface area contributed by atoms with Gasteiger partial charge in [-0.2, -0.15) is 0 Å². The average Bonchev–Trinajstić information content (AvgIpc) is 3.48. The first-order valence-corrected chi connectivity index (χ1v) is 15.2. The Labute approximate surface area is 232 Å². The second-order valence-corrected chi connectivity index (χ2v) is 15.8. The van der Waals surface area contributed by atoms with Crippen LogP contribution in [0.4, 0.5) is 0 Å². The standard InChI is InChI=1S/C31H52O8/c1-17(2)30(39,16-32)12-10-27(5,38)23-18(33)14-26(4)19-7-8-20-28(6,24(36)37)21(34)13-22(35)31(20)15-29(19,31)11-9-25(23,26)3/h17-23,32-35,38-39H,7-16H2,1-6H3,(H,36,37)/t18-,19-,20?,21-,22-,23-,25+,26-,27-,28-,29-,30+,31+/m0/s1. The minimum absolute atomic E-state index is 0.0747. The minimum Gasteiger partial charge on any atom is -0.481 e. The van der Waals surface area contributed by atoms with Gasteiger partial charge in [0.15, 0.2) is 0 Å². The van der Waals surface area contributed by atoms with Crippen molar-refractivity contribution in [1.29, 1.82) is 0 Å². The number of aliphatic hydroxyl groups excluding tert-OH is 4. The van der Waals surface area contributed by atoms with Gasteiger partial charge in [0.05, 0.1) is 41.5 Å². The zero-order valence-corrected chi connectivity index (χ0v) is 24.7. The fourth-order valence-electron chi connectivity index (χ4n) is 11.7. The molecule has 8 heteroatoms. The second kappa shape index (κ2) is 8.63. The molecule has 8 nitrogen and oxygen atoms in total. The van der Waals surface area contributed by atoms with Gasteiger partial charge in [0, 0.05) is 17.8 Å². The molecule has 39 heavy (non-hydrogen) atoms. The van der Waals surface area contributed by atoms with Crippen molar-refractivity contribution >= 4 is 5.97 Å². The van der Waals surface area contributed by atoms with Crippen molar-refractivity contribution in [2.45, 2.75) is 129 Å². The lowest BCUT2D eigenvalue weighted by atomic mass is 9.41. The van der Waals surface area contributed by atoms with E-state index in [4.69, 9.17) is 0 Å². The van der Waals surface area contributed by atoms with Crippen molar-refractivity contribution in [3.63, 3.8) is 0 Å². The van der Waals surface area contributed by atoms with Gasteiger partial charge in [0.25, 0.3) is 0 Å². The van der Waals surface area contributed by atoms with Gasteiger partial charge in [0.1, 0.15) is 0 Å². The lowest BCUT2D eigenvalue weighted by Gasteiger charge is -2.63. The largest absolute Gasteiger partial charge is 0.481 e. The van der Waals surface area contributed by atoms with E-state index in [-0.39, 0.29) is 54.5 Å². The molecule has 5 saturated carbocycles. The maximum atomic E-state index is 12.5. The molecule has 0 bridgehead atoms. The third kappa shape index (κ3) is 3.42. The van der Waals surface area contributed by atoms with Gasteiger partial charge in [-0.15, -0.1) is 0 Å². The quantitative estimate of drug-likeness (QED) is 0.254. The number of hydrogen-bond donors (Lipinski definition) is 7. The Hall–Kier alpha value is -0.770. The maximum absolute atomic E-state index is 12.5. The Morgan fingerprint density at radius 1 is 0.949 bits per heavy atom. The molecule has 0 radical (unpaired) electrons. The monoisotopic (exact) mass is 552 g/mol. The van der Waals surface area contributed by atoms with Crippen LogP contribution in [0, 0.1) is 50.7 Å². The van der Waals surface area contributed by atoms with E-state index in [1.54, 1.807) is 13.8 Å². The molecule has 13 atom stereocenters. The van der Waals surface area contributed by atoms with Gasteiger partial charge >= 0.3 is 5.97 Å². The molecule has 0 saturated heterocycles. The van der Waals surface area contributed by atoms with Gasteiger partial charge in [-0.3, -0.25) is 4.79 Å². The van der Waals surface area contributed by atoms with E-state index >= 15 is 0 Å². The number of carboxylic acid groups (broad SMARTS) is 1. The fourth-order valence-corrected chi connectivity index (χ4v) is 11.7. The SMILES string of the molecule is CC(C)[C@](O)(CO)CC[C@](C)(O)[C@H]1[C@@H](O)C[C@@]2(C)[C@@H]3CCC4[C@](C)(C(=O)O)[C@@H](O)C[C@H](O)[C@@]45C[C@@]35CC[C@]12C. The molecule has 0 aromatic rings. The van der Waals surface area contributed by atoms with Crippen molar-refractivity contribution in [3.05, 3.63) is 0 Å². The molecule has 5 rings (SSSR count). The van der Waals surface area contributed by atoms with E-state index in [0.29, 0.717) is 12.8 Å². The van der Waals surface area contributed by atoms with Crippen LogP contribution in [0.5, 0.6) is 0 Å². The molecule has 0 amide bonds. The Morgan fingerprint density at radius 2 is 1.56 bits per heavy atom. The average molecular weight is 553 g/mol. The summed E-state index contributed by atoms with van der Waals surface area (Å²) in [6.07, 6.45) is 2.21. The van der Waals surface area contributed by atoms with Gasteiger partial charge < -0.3 is 35.7 Å². The Balaban J connectivity index is 1.48. The van der Waals surface area contributed by atoms with E-state index in [2.05, 4.69) is 13.8 Å². The van der Waals surface area contributed by atoms with E-state index < -0.39 is 57.6 Å². The molecule has 0 aromatic carbocycles. The fraction of sp³-hybridized carbons (Fsp3) is 0.968. The molecular formula is C31H52O8. The third-order valence-corrected chi connectivity index (χ3v) is 14.3. The van der Waals surface area contributed by atoms with Crippen LogP contribution >= 0.6 is 0 Å². The predicted molar refractivity (Wildman–Crippen MR) is 144 cm³/mol. The first-order chi connectivity index (χ1) is 17.8. The highest BCUT2D eigenvalue weighted by Gasteiger charge is 2.86. The summed E-state index contributed by atoms with van der Waals surface area (Å²) >= 11 is 0. The molecule has 0 aliphatic heterocycles. The van der Waals surface area contributed by atoms with Crippen LogP contribution in [0.15, 0.2) is 0 Å². The van der Waals surface area contributed by atoms with Crippen LogP contribution in [0.1, 0.15) is 99.3 Å². The molecule has 1 unspecified atom stereocenters. The summed E-state index contributed by atoms with van der Waals surface area (Å²) < 4.78 is 0. The number of carboxylic acids is 1. The summed E-state index contributed by atoms with van der Waals surface area (Å²) in [5.41, 5.74) is -5.34. The number of aliphatic hydroxyl groups is 6. The number of fused-ring (bicyclic) bond motifs is 2. The summed E-state index contributed by atoms with van der Waals surface area (Å²) in [4.78, 5) is 12.5. The first-order valence-electron chi connectivity index (χ1n) is 15.2. The summed E-state index contributed by atoms with van der Waals surface area (Å²) in [6.45, 7) is 11.2. The van der Waals surface area contributed by atoms with Gasteiger partial charge in [-0.05, 0) is 99.2 Å². The third-order valence-electron chi connectivity index (χ3n) is 14.3. The lowest BCUT2D eigenvalue weighted by molar-refractivity contribution is -0.214. The van der Waals surface area contributed by atoms with Gasteiger partial charge in [-0.1, -0.05) is 27.7 Å². The molecule has 5 fully saturated rings. The second-order valence-electron chi connectivity index (χ2n) is 15.8. The van der Waals surface area contributed by atoms with E-state index in [1.807, 2.05) is 13.8 Å². The summed E-state index contributed by atoms with van der Waals surface area (Å²) in [6, 6.07) is 0. The van der Waals surface area contributed by atoms with E-state index in [1.165, 1.54) is 0 Å². The van der Waals surface area contributed by atoms with E-state index in [9.17, 15) is 40.5 Å². The first kappa shape index (κ1) is 29.7. The van der Waals surface area contributed by atoms with Crippen molar-refractivity contribution < 1.29 is 40.5 Å². The van der Waals surface area contributed by atoms with Crippen LogP contribution in [-0.2, 0) is 4.79 Å². The molecule has 2 spiro atoms. The molecule has 0 heterocycles. The van der Waals surface area contributed by atoms with Crippen LogP contribution in [0.2, 0.25) is 0 Å². The topological polar surface area (TPSA) is 159 Å². The van der Waals surface area contributed by atoms with Gasteiger partial charge in [0.2, 0.25) is 0 Å². The van der Waals surface area contributed by atoms with Gasteiger partial charge in [-0.25, -0.2) is 0 Å². The molecule has 224 valence electrons. The summed E-state index contributed by atoms with van der Waals surface area (Å²) in [7, 11) is 0. The Bertz CT molecular complexity index is 1010. The molecular weight excluding hydrogens is 500 g/mol. The Morgan fingerprint density at radius 3 is 2.13 bits per heavy atom. The Kier molecular flexibility index (Phi) is 6.58. The van der Waals surface area contributed by atoms with E-state index in [0.717, 1.165) is 25.7 Å². The van der Waals surface area contributed by atoms with Crippen molar-refractivity contribution in [2.24, 2.45) is 50.7 Å². The number of carbonyl (C=O) groups is 1. The zero-order chi connectivity index (χ0) is 29.2. The van der Waals surface area contributed by atoms with Crippen molar-refractivity contribution in [2.75, 3.05) is 6.61 Å². The summed E-state index contributed by atoms with van der Waals surface area (Å²) in [5, 5.41) is 76.9. The van der Waals surface area contributed by atoms with Crippen LogP contribution in [0.3, 0.4) is 0 Å².